The van der Waals surface area contributed by atoms with Gasteiger partial charge in [-0.1, -0.05) is 13.3 Å². The summed E-state index contributed by atoms with van der Waals surface area (Å²) in [4.78, 5) is 16.7. The molecule has 0 spiro atoms. The van der Waals surface area contributed by atoms with Gasteiger partial charge in [0.15, 0.2) is 0 Å². The summed E-state index contributed by atoms with van der Waals surface area (Å²) < 4.78 is 0. The zero-order chi connectivity index (χ0) is 28.9. The summed E-state index contributed by atoms with van der Waals surface area (Å²) in [5.41, 5.74) is 0.773. The highest BCUT2D eigenvalue weighted by molar-refractivity contribution is 4.89. The summed E-state index contributed by atoms with van der Waals surface area (Å²) in [5.74, 6) is 0. The van der Waals surface area contributed by atoms with Crippen molar-refractivity contribution in [2.24, 2.45) is 0 Å². The number of rotatable bonds is 4. The highest BCUT2D eigenvalue weighted by Gasteiger charge is 2.34. The minimum atomic E-state index is 0.193. The molecule has 0 saturated carbocycles. The van der Waals surface area contributed by atoms with Crippen LogP contribution < -0.4 is 0 Å². The Labute approximate surface area is 239 Å². The van der Waals surface area contributed by atoms with E-state index in [9.17, 15) is 0 Å². The average molecular weight is 537 g/mol. The molecule has 6 nitrogen and oxygen atoms in total. The lowest BCUT2D eigenvalue weighted by molar-refractivity contribution is 0.00796. The van der Waals surface area contributed by atoms with E-state index in [1.54, 1.807) is 0 Å². The molecule has 0 unspecified atom stereocenters. The van der Waals surface area contributed by atoms with Crippen LogP contribution in [0.5, 0.6) is 0 Å². The first-order valence-corrected chi connectivity index (χ1v) is 15.8. The fourth-order valence-corrected chi connectivity index (χ4v) is 6.28. The van der Waals surface area contributed by atoms with E-state index in [0.717, 1.165) is 78.5 Å². The first-order chi connectivity index (χ1) is 17.3. The van der Waals surface area contributed by atoms with Crippen molar-refractivity contribution in [3.8, 4) is 0 Å². The molecule has 2 aliphatic rings. The molecular formula is C32H68N6. The summed E-state index contributed by atoms with van der Waals surface area (Å²) in [6, 6.07) is 0. The molecule has 2 aliphatic heterocycles. The van der Waals surface area contributed by atoms with Crippen LogP contribution >= 0.6 is 0 Å². The molecular weight excluding hydrogens is 468 g/mol. The van der Waals surface area contributed by atoms with Gasteiger partial charge in [0.05, 0.1) is 6.17 Å². The van der Waals surface area contributed by atoms with Gasteiger partial charge in [-0.2, -0.15) is 0 Å². The second-order valence-corrected chi connectivity index (χ2v) is 16.0. The zero-order valence-corrected chi connectivity index (χ0v) is 28.2. The third-order valence-electron chi connectivity index (χ3n) is 9.09. The van der Waals surface area contributed by atoms with Crippen LogP contribution in [0, 0.1) is 0 Å². The molecule has 0 aromatic heterocycles. The summed E-state index contributed by atoms with van der Waals surface area (Å²) in [6.07, 6.45) is 2.98. The number of hydrogen-bond acceptors (Lipinski definition) is 6. The van der Waals surface area contributed by atoms with Crippen molar-refractivity contribution in [2.75, 3.05) is 78.5 Å². The van der Waals surface area contributed by atoms with Crippen LogP contribution in [0.15, 0.2) is 0 Å². The highest BCUT2D eigenvalue weighted by atomic mass is 15.4. The normalized spacial score (nSPS) is 23.5. The Kier molecular flexibility index (Phi) is 12.2. The van der Waals surface area contributed by atoms with Gasteiger partial charge >= 0.3 is 0 Å². The van der Waals surface area contributed by atoms with Gasteiger partial charge in [-0.05, 0) is 89.5 Å². The first kappa shape index (κ1) is 34.0. The molecule has 0 aliphatic carbocycles. The Morgan fingerprint density at radius 1 is 0.395 bits per heavy atom. The molecule has 2 rings (SSSR count). The van der Waals surface area contributed by atoms with Gasteiger partial charge in [0.2, 0.25) is 0 Å². The molecule has 0 aromatic rings. The van der Waals surface area contributed by atoms with Gasteiger partial charge in [0.1, 0.15) is 0 Å². The minimum Gasteiger partial charge on any atom is -0.296 e. The molecule has 0 N–H and O–H groups in total. The van der Waals surface area contributed by atoms with Gasteiger partial charge in [-0.25, -0.2) is 0 Å². The van der Waals surface area contributed by atoms with E-state index in [0.29, 0.717) is 6.17 Å². The van der Waals surface area contributed by atoms with E-state index in [1.165, 1.54) is 12.8 Å². The van der Waals surface area contributed by atoms with Gasteiger partial charge < -0.3 is 0 Å². The molecule has 2 fully saturated rings. The Bertz CT molecular complexity index is 572. The Balaban J connectivity index is 2.37. The van der Waals surface area contributed by atoms with Crippen molar-refractivity contribution in [3.05, 3.63) is 0 Å². The molecule has 0 radical (unpaired) electrons. The van der Waals surface area contributed by atoms with E-state index in [2.05, 4.69) is 119 Å². The molecule has 226 valence electrons. The van der Waals surface area contributed by atoms with Crippen LogP contribution in [-0.2, 0) is 0 Å². The lowest BCUT2D eigenvalue weighted by Crippen LogP contribution is -2.56. The Morgan fingerprint density at radius 2 is 0.605 bits per heavy atom. The summed E-state index contributed by atoms with van der Waals surface area (Å²) >= 11 is 0. The Morgan fingerprint density at radius 3 is 0.789 bits per heavy atom. The summed E-state index contributed by atoms with van der Waals surface area (Å²) in [7, 11) is 0. The van der Waals surface area contributed by atoms with Crippen molar-refractivity contribution in [2.45, 2.75) is 131 Å². The monoisotopic (exact) mass is 537 g/mol. The van der Waals surface area contributed by atoms with Gasteiger partial charge in [-0.3, -0.25) is 29.4 Å². The van der Waals surface area contributed by atoms with Crippen molar-refractivity contribution in [1.29, 1.82) is 0 Å². The van der Waals surface area contributed by atoms with Crippen molar-refractivity contribution < 1.29 is 0 Å². The predicted molar refractivity (Wildman–Crippen MR) is 167 cm³/mol. The van der Waals surface area contributed by atoms with Gasteiger partial charge in [0, 0.05) is 101 Å². The van der Waals surface area contributed by atoms with E-state index < -0.39 is 0 Å². The standard InChI is InChI=1S/C32H68N6/c1-14-15-28(33-16-20-35(29(2,3)4)24-25-36(21-17-33)30(5,6)7)34-18-22-37(31(8,9)10)26-27-38(23-19-34)32(11,12)13/h28H,14-27H2,1-13H3. The predicted octanol–water partition coefficient (Wildman–Crippen LogP) is 5.15. The molecule has 2 heterocycles. The molecule has 0 amide bonds. The van der Waals surface area contributed by atoms with Crippen molar-refractivity contribution in [1.82, 2.24) is 29.4 Å². The molecule has 2 saturated heterocycles. The van der Waals surface area contributed by atoms with Crippen LogP contribution in [0.3, 0.4) is 0 Å². The van der Waals surface area contributed by atoms with Crippen LogP contribution in [0.25, 0.3) is 0 Å². The van der Waals surface area contributed by atoms with Crippen LogP contribution in [0.1, 0.15) is 103 Å². The van der Waals surface area contributed by atoms with E-state index >= 15 is 0 Å². The largest absolute Gasteiger partial charge is 0.296 e. The second kappa shape index (κ2) is 13.6. The molecule has 0 aromatic carbocycles. The maximum atomic E-state index is 2.87. The first-order valence-electron chi connectivity index (χ1n) is 15.8. The fraction of sp³-hybridized carbons (Fsp3) is 1.00. The fourth-order valence-electron chi connectivity index (χ4n) is 6.28. The third kappa shape index (κ3) is 10.3. The van der Waals surface area contributed by atoms with Crippen molar-refractivity contribution in [3.63, 3.8) is 0 Å². The lowest BCUT2D eigenvalue weighted by atomic mass is 10.0. The highest BCUT2D eigenvalue weighted by Crippen LogP contribution is 2.23. The lowest BCUT2D eigenvalue weighted by Gasteiger charge is -2.43. The SMILES string of the molecule is CCCC(N1CCN(C(C)(C)C)CCN(C(C)(C)C)CC1)N1CCN(C(C)(C)C)CCN(C(C)(C)C)CC1. The topological polar surface area (TPSA) is 19.4 Å². The summed E-state index contributed by atoms with van der Waals surface area (Å²) in [5, 5.41) is 0. The second-order valence-electron chi connectivity index (χ2n) is 16.0. The maximum Gasteiger partial charge on any atom is 0.0624 e. The smallest absolute Gasteiger partial charge is 0.0624 e. The Hall–Kier alpha value is -0.240. The van der Waals surface area contributed by atoms with Crippen LogP contribution in [-0.4, -0.2) is 136 Å². The molecule has 0 bridgehead atoms. The summed E-state index contributed by atoms with van der Waals surface area (Å²) in [6.45, 7) is 44.9. The van der Waals surface area contributed by atoms with Crippen molar-refractivity contribution >= 4 is 0 Å². The quantitative estimate of drug-likeness (QED) is 0.492. The minimum absolute atomic E-state index is 0.193. The van der Waals surface area contributed by atoms with E-state index in [-0.39, 0.29) is 22.2 Å². The van der Waals surface area contributed by atoms with E-state index in [4.69, 9.17) is 0 Å². The maximum absolute atomic E-state index is 2.87. The van der Waals surface area contributed by atoms with Gasteiger partial charge in [-0.15, -0.1) is 0 Å². The third-order valence-corrected chi connectivity index (χ3v) is 9.09. The van der Waals surface area contributed by atoms with Gasteiger partial charge in [0.25, 0.3) is 0 Å². The zero-order valence-electron chi connectivity index (χ0n) is 28.2. The molecule has 38 heavy (non-hydrogen) atoms. The number of nitrogens with zero attached hydrogens (tertiary/aromatic N) is 6. The average Bonchev–Trinajstić information content (AvgIpc) is 2.93. The molecule has 6 heteroatoms. The van der Waals surface area contributed by atoms with Crippen LogP contribution in [0.4, 0.5) is 0 Å². The number of hydrogen-bond donors (Lipinski definition) is 0. The van der Waals surface area contributed by atoms with Crippen LogP contribution in [0.2, 0.25) is 0 Å². The molecule has 0 atom stereocenters. The van der Waals surface area contributed by atoms with E-state index in [1.807, 2.05) is 0 Å².